The van der Waals surface area contributed by atoms with Crippen LogP contribution in [0.5, 0.6) is 0 Å². The SMILES string of the molecule is CC(C)(C)C1C(=O)NCC(=O)N1Cc1ccc(Br)cc1F. The van der Waals surface area contributed by atoms with Gasteiger partial charge in [0.15, 0.2) is 0 Å². The summed E-state index contributed by atoms with van der Waals surface area (Å²) in [6.07, 6.45) is 0. The van der Waals surface area contributed by atoms with E-state index in [9.17, 15) is 14.0 Å². The van der Waals surface area contributed by atoms with Crippen LogP contribution in [0.15, 0.2) is 22.7 Å². The molecule has 0 saturated carbocycles. The summed E-state index contributed by atoms with van der Waals surface area (Å²) in [6.45, 7) is 5.72. The Balaban J connectivity index is 2.33. The van der Waals surface area contributed by atoms with Crippen molar-refractivity contribution in [2.45, 2.75) is 33.4 Å². The molecular formula is C15H18BrFN2O2. The van der Waals surface area contributed by atoms with E-state index < -0.39 is 17.3 Å². The van der Waals surface area contributed by atoms with Crippen LogP contribution in [0.3, 0.4) is 0 Å². The normalized spacial score (nSPS) is 19.7. The molecule has 1 aromatic carbocycles. The van der Waals surface area contributed by atoms with Crippen LogP contribution >= 0.6 is 15.9 Å². The number of benzene rings is 1. The van der Waals surface area contributed by atoms with Crippen molar-refractivity contribution in [2.75, 3.05) is 6.54 Å². The molecule has 1 saturated heterocycles. The van der Waals surface area contributed by atoms with E-state index in [4.69, 9.17) is 0 Å². The van der Waals surface area contributed by atoms with Crippen molar-refractivity contribution in [1.82, 2.24) is 10.2 Å². The fourth-order valence-electron chi connectivity index (χ4n) is 2.52. The van der Waals surface area contributed by atoms with Crippen molar-refractivity contribution >= 4 is 27.7 Å². The van der Waals surface area contributed by atoms with Gasteiger partial charge in [0.05, 0.1) is 6.54 Å². The second kappa shape index (κ2) is 5.75. The first-order chi connectivity index (χ1) is 9.70. The Kier molecular flexibility index (Phi) is 4.37. The number of nitrogens with zero attached hydrogens (tertiary/aromatic N) is 1. The number of rotatable bonds is 2. The highest BCUT2D eigenvalue weighted by atomic mass is 79.9. The summed E-state index contributed by atoms with van der Waals surface area (Å²) < 4.78 is 14.6. The third kappa shape index (κ3) is 3.43. The van der Waals surface area contributed by atoms with Crippen molar-refractivity contribution in [3.63, 3.8) is 0 Å². The van der Waals surface area contributed by atoms with Crippen LogP contribution in [0.25, 0.3) is 0 Å². The second-order valence-corrected chi connectivity index (χ2v) is 7.16. The molecular weight excluding hydrogens is 339 g/mol. The predicted octanol–water partition coefficient (Wildman–Crippen LogP) is 2.46. The Hall–Kier alpha value is -1.43. The lowest BCUT2D eigenvalue weighted by Crippen LogP contribution is -2.62. The molecule has 0 aromatic heterocycles. The minimum atomic E-state index is -0.609. The van der Waals surface area contributed by atoms with Gasteiger partial charge in [-0.15, -0.1) is 0 Å². The molecule has 2 amide bonds. The summed E-state index contributed by atoms with van der Waals surface area (Å²) >= 11 is 3.20. The highest BCUT2D eigenvalue weighted by Gasteiger charge is 2.42. The first kappa shape index (κ1) is 15.9. The van der Waals surface area contributed by atoms with Gasteiger partial charge in [-0.3, -0.25) is 9.59 Å². The standard InChI is InChI=1S/C15H18BrFN2O2/c1-15(2,3)13-14(21)18-7-12(20)19(13)8-9-4-5-10(16)6-11(9)17/h4-6,13H,7-8H2,1-3H3,(H,18,21). The maximum absolute atomic E-state index is 14.0. The summed E-state index contributed by atoms with van der Waals surface area (Å²) in [5.74, 6) is -0.785. The molecule has 1 aliphatic heterocycles. The maximum atomic E-state index is 14.0. The van der Waals surface area contributed by atoms with E-state index in [0.29, 0.717) is 10.0 Å². The number of carbonyl (C=O) groups excluding carboxylic acids is 2. The lowest BCUT2D eigenvalue weighted by atomic mass is 9.83. The minimum absolute atomic E-state index is 0.0381. The quantitative estimate of drug-likeness (QED) is 0.884. The van der Waals surface area contributed by atoms with Gasteiger partial charge in [-0.1, -0.05) is 42.8 Å². The van der Waals surface area contributed by atoms with Crippen LogP contribution in [-0.2, 0) is 16.1 Å². The van der Waals surface area contributed by atoms with Gasteiger partial charge < -0.3 is 10.2 Å². The molecule has 1 aromatic rings. The van der Waals surface area contributed by atoms with Crippen molar-refractivity contribution in [2.24, 2.45) is 5.41 Å². The minimum Gasteiger partial charge on any atom is -0.345 e. The molecule has 0 radical (unpaired) electrons. The topological polar surface area (TPSA) is 49.4 Å². The van der Waals surface area contributed by atoms with Gasteiger partial charge in [0.1, 0.15) is 11.9 Å². The molecule has 1 unspecified atom stereocenters. The molecule has 6 heteroatoms. The lowest BCUT2D eigenvalue weighted by Gasteiger charge is -2.42. The van der Waals surface area contributed by atoms with Crippen LogP contribution in [0.1, 0.15) is 26.3 Å². The van der Waals surface area contributed by atoms with E-state index in [2.05, 4.69) is 21.2 Å². The fourth-order valence-corrected chi connectivity index (χ4v) is 2.85. The largest absolute Gasteiger partial charge is 0.345 e. The smallest absolute Gasteiger partial charge is 0.243 e. The molecule has 1 aliphatic rings. The summed E-state index contributed by atoms with van der Waals surface area (Å²) in [4.78, 5) is 25.7. The Morgan fingerprint density at radius 1 is 1.38 bits per heavy atom. The number of hydrogen-bond donors (Lipinski definition) is 1. The average molecular weight is 357 g/mol. The van der Waals surface area contributed by atoms with Gasteiger partial charge in [0, 0.05) is 16.6 Å². The maximum Gasteiger partial charge on any atom is 0.243 e. The number of hydrogen-bond acceptors (Lipinski definition) is 2. The third-order valence-electron chi connectivity index (χ3n) is 3.47. The van der Waals surface area contributed by atoms with Gasteiger partial charge in [0.25, 0.3) is 0 Å². The number of amides is 2. The highest BCUT2D eigenvalue weighted by Crippen LogP contribution is 2.28. The summed E-state index contributed by atoms with van der Waals surface area (Å²) in [5.41, 5.74) is -0.0260. The van der Waals surface area contributed by atoms with E-state index >= 15 is 0 Å². The predicted molar refractivity (Wildman–Crippen MR) is 80.9 cm³/mol. The molecule has 1 atom stereocenters. The molecule has 0 bridgehead atoms. The zero-order valence-electron chi connectivity index (χ0n) is 12.2. The average Bonchev–Trinajstić information content (AvgIpc) is 2.35. The molecule has 1 N–H and O–H groups in total. The number of piperazine rings is 1. The van der Waals surface area contributed by atoms with Crippen LogP contribution in [0, 0.1) is 11.2 Å². The van der Waals surface area contributed by atoms with Gasteiger partial charge >= 0.3 is 0 Å². The molecule has 21 heavy (non-hydrogen) atoms. The van der Waals surface area contributed by atoms with Crippen molar-refractivity contribution in [3.05, 3.63) is 34.1 Å². The second-order valence-electron chi connectivity index (χ2n) is 6.24. The van der Waals surface area contributed by atoms with Crippen molar-refractivity contribution in [3.8, 4) is 0 Å². The number of nitrogens with one attached hydrogen (secondary N) is 1. The Morgan fingerprint density at radius 2 is 2.05 bits per heavy atom. The van der Waals surface area contributed by atoms with Crippen LogP contribution in [0.2, 0.25) is 0 Å². The van der Waals surface area contributed by atoms with Gasteiger partial charge in [-0.25, -0.2) is 4.39 Å². The van der Waals surface area contributed by atoms with Crippen LogP contribution < -0.4 is 5.32 Å². The molecule has 0 spiro atoms. The molecule has 0 aliphatic carbocycles. The Labute approximate surface area is 131 Å². The molecule has 4 nitrogen and oxygen atoms in total. The van der Waals surface area contributed by atoms with E-state index in [-0.39, 0.29) is 24.9 Å². The van der Waals surface area contributed by atoms with Crippen molar-refractivity contribution < 1.29 is 14.0 Å². The highest BCUT2D eigenvalue weighted by molar-refractivity contribution is 9.10. The first-order valence-corrected chi connectivity index (χ1v) is 7.50. The van der Waals surface area contributed by atoms with E-state index in [1.807, 2.05) is 20.8 Å². The fraction of sp³-hybridized carbons (Fsp3) is 0.467. The van der Waals surface area contributed by atoms with Crippen LogP contribution in [0.4, 0.5) is 4.39 Å². The summed E-state index contributed by atoms with van der Waals surface area (Å²) in [6, 6.07) is 4.09. The summed E-state index contributed by atoms with van der Waals surface area (Å²) in [5, 5.41) is 2.60. The molecule has 1 heterocycles. The zero-order chi connectivity index (χ0) is 15.8. The van der Waals surface area contributed by atoms with E-state index in [1.54, 1.807) is 12.1 Å². The van der Waals surface area contributed by atoms with Crippen LogP contribution in [-0.4, -0.2) is 29.3 Å². The molecule has 114 valence electrons. The zero-order valence-corrected chi connectivity index (χ0v) is 13.8. The molecule has 1 fully saturated rings. The Morgan fingerprint density at radius 3 is 2.62 bits per heavy atom. The van der Waals surface area contributed by atoms with Gasteiger partial charge in [-0.05, 0) is 17.5 Å². The third-order valence-corrected chi connectivity index (χ3v) is 3.96. The van der Waals surface area contributed by atoms with Crippen molar-refractivity contribution in [1.29, 1.82) is 0 Å². The van der Waals surface area contributed by atoms with Gasteiger partial charge in [-0.2, -0.15) is 0 Å². The lowest BCUT2D eigenvalue weighted by molar-refractivity contribution is -0.150. The van der Waals surface area contributed by atoms with E-state index in [1.165, 1.54) is 11.0 Å². The summed E-state index contributed by atoms with van der Waals surface area (Å²) in [7, 11) is 0. The Bertz CT molecular complexity index is 584. The van der Waals surface area contributed by atoms with Gasteiger partial charge in [0.2, 0.25) is 11.8 Å². The number of halogens is 2. The first-order valence-electron chi connectivity index (χ1n) is 6.71. The molecule has 2 rings (SSSR count). The number of carbonyl (C=O) groups is 2. The monoisotopic (exact) mass is 356 g/mol. The van der Waals surface area contributed by atoms with E-state index in [0.717, 1.165) is 0 Å².